The highest BCUT2D eigenvalue weighted by Gasteiger charge is 2.13. The van der Waals surface area contributed by atoms with Crippen molar-refractivity contribution in [3.63, 3.8) is 0 Å². The lowest BCUT2D eigenvalue weighted by Gasteiger charge is -2.09. The van der Waals surface area contributed by atoms with Gasteiger partial charge in [-0.2, -0.15) is 0 Å². The fourth-order valence-electron chi connectivity index (χ4n) is 3.14. The van der Waals surface area contributed by atoms with E-state index in [2.05, 4.69) is 20.6 Å². The molecule has 0 radical (unpaired) electrons. The van der Waals surface area contributed by atoms with E-state index in [-0.39, 0.29) is 6.03 Å². The third kappa shape index (κ3) is 3.37. The first-order valence-electron chi connectivity index (χ1n) is 8.85. The molecule has 0 aliphatic heterocycles. The Labute approximate surface area is 162 Å². The van der Waals surface area contributed by atoms with Crippen LogP contribution in [0.2, 0.25) is 0 Å². The predicted molar refractivity (Wildman–Crippen MR) is 111 cm³/mol. The van der Waals surface area contributed by atoms with Crippen LogP contribution in [0.4, 0.5) is 22.0 Å². The summed E-state index contributed by atoms with van der Waals surface area (Å²) in [6, 6.07) is 14.8. The SMILES string of the molecule is Cc1cccc(NC(=O)Nc2ccc(-c3nc(C)n4ccnc(N)c34)cc2)c1. The molecule has 2 aromatic carbocycles. The molecule has 0 atom stereocenters. The van der Waals surface area contributed by atoms with E-state index in [1.807, 2.05) is 73.0 Å². The van der Waals surface area contributed by atoms with Gasteiger partial charge in [-0.15, -0.1) is 0 Å². The lowest BCUT2D eigenvalue weighted by molar-refractivity contribution is 0.262. The number of hydrogen-bond acceptors (Lipinski definition) is 4. The first-order chi connectivity index (χ1) is 13.5. The van der Waals surface area contributed by atoms with E-state index in [0.29, 0.717) is 11.5 Å². The number of fused-ring (bicyclic) bond motifs is 1. The number of rotatable bonds is 3. The Balaban J connectivity index is 1.54. The van der Waals surface area contributed by atoms with Crippen molar-refractivity contribution in [2.45, 2.75) is 13.8 Å². The summed E-state index contributed by atoms with van der Waals surface area (Å²) in [6.45, 7) is 3.90. The maximum Gasteiger partial charge on any atom is 0.323 e. The van der Waals surface area contributed by atoms with Crippen molar-refractivity contribution >= 4 is 28.7 Å². The van der Waals surface area contributed by atoms with E-state index in [4.69, 9.17) is 5.73 Å². The van der Waals surface area contributed by atoms with Gasteiger partial charge in [0, 0.05) is 29.3 Å². The van der Waals surface area contributed by atoms with Crippen LogP contribution in [0, 0.1) is 13.8 Å². The number of carbonyl (C=O) groups is 1. The molecular formula is C21H20N6O. The lowest BCUT2D eigenvalue weighted by atomic mass is 10.1. The molecule has 4 N–H and O–H groups in total. The van der Waals surface area contributed by atoms with Gasteiger partial charge in [0.05, 0.1) is 0 Å². The van der Waals surface area contributed by atoms with Crippen molar-refractivity contribution in [3.05, 3.63) is 72.3 Å². The number of nitrogens with zero attached hydrogens (tertiary/aromatic N) is 3. The molecule has 0 unspecified atom stereocenters. The maximum absolute atomic E-state index is 12.2. The second kappa shape index (κ2) is 7.03. The van der Waals surface area contributed by atoms with Gasteiger partial charge in [-0.25, -0.2) is 14.8 Å². The van der Waals surface area contributed by atoms with Crippen molar-refractivity contribution in [2.24, 2.45) is 0 Å². The van der Waals surface area contributed by atoms with Crippen LogP contribution >= 0.6 is 0 Å². The van der Waals surface area contributed by atoms with Gasteiger partial charge >= 0.3 is 6.03 Å². The van der Waals surface area contributed by atoms with Crippen LogP contribution < -0.4 is 16.4 Å². The summed E-state index contributed by atoms with van der Waals surface area (Å²) in [5, 5.41) is 5.65. The number of nitrogen functional groups attached to an aromatic ring is 1. The molecule has 7 nitrogen and oxygen atoms in total. The third-order valence-corrected chi connectivity index (χ3v) is 4.45. The van der Waals surface area contributed by atoms with Gasteiger partial charge in [0.1, 0.15) is 22.9 Å². The zero-order valence-electron chi connectivity index (χ0n) is 15.6. The Kier molecular flexibility index (Phi) is 4.41. The van der Waals surface area contributed by atoms with Crippen molar-refractivity contribution in [2.75, 3.05) is 16.4 Å². The number of benzene rings is 2. The number of aromatic nitrogens is 3. The van der Waals surface area contributed by atoms with Crippen LogP contribution in [0.5, 0.6) is 0 Å². The zero-order chi connectivity index (χ0) is 19.7. The second-order valence-electron chi connectivity index (χ2n) is 6.56. The van der Waals surface area contributed by atoms with Gasteiger partial charge in [-0.3, -0.25) is 4.40 Å². The van der Waals surface area contributed by atoms with Crippen LogP contribution in [0.3, 0.4) is 0 Å². The smallest absolute Gasteiger partial charge is 0.323 e. The molecule has 4 aromatic rings. The Hall–Kier alpha value is -3.87. The highest BCUT2D eigenvalue weighted by molar-refractivity contribution is 6.00. The second-order valence-corrected chi connectivity index (χ2v) is 6.56. The number of imidazole rings is 1. The van der Waals surface area contributed by atoms with Crippen LogP contribution in [0.15, 0.2) is 60.9 Å². The van der Waals surface area contributed by atoms with E-state index in [1.165, 1.54) is 0 Å². The van der Waals surface area contributed by atoms with E-state index < -0.39 is 0 Å². The number of aryl methyl sites for hydroxylation is 2. The summed E-state index contributed by atoms with van der Waals surface area (Å²) in [5.41, 5.74) is 11.0. The number of amides is 2. The third-order valence-electron chi connectivity index (χ3n) is 4.45. The Bertz CT molecular complexity index is 1160. The van der Waals surface area contributed by atoms with E-state index in [1.54, 1.807) is 6.20 Å². The minimum atomic E-state index is -0.296. The lowest BCUT2D eigenvalue weighted by Crippen LogP contribution is -2.19. The molecule has 140 valence electrons. The number of nitrogens with one attached hydrogen (secondary N) is 2. The molecule has 0 saturated carbocycles. The van der Waals surface area contributed by atoms with Crippen molar-refractivity contribution < 1.29 is 4.79 Å². The molecule has 0 aliphatic carbocycles. The highest BCUT2D eigenvalue weighted by Crippen LogP contribution is 2.28. The summed E-state index contributed by atoms with van der Waals surface area (Å²) in [5.74, 6) is 1.26. The Morgan fingerprint density at radius 2 is 1.79 bits per heavy atom. The van der Waals surface area contributed by atoms with Gasteiger partial charge in [-0.1, -0.05) is 24.3 Å². The number of urea groups is 1. The topological polar surface area (TPSA) is 97.3 Å². The largest absolute Gasteiger partial charge is 0.382 e. The molecule has 0 aliphatic rings. The molecule has 0 bridgehead atoms. The summed E-state index contributed by atoms with van der Waals surface area (Å²) >= 11 is 0. The minimum absolute atomic E-state index is 0.296. The summed E-state index contributed by atoms with van der Waals surface area (Å²) in [4.78, 5) is 21.0. The molecule has 28 heavy (non-hydrogen) atoms. The van der Waals surface area contributed by atoms with Crippen LogP contribution in [-0.4, -0.2) is 20.4 Å². The van der Waals surface area contributed by atoms with Gasteiger partial charge in [0.15, 0.2) is 0 Å². The summed E-state index contributed by atoms with van der Waals surface area (Å²) in [6.07, 6.45) is 3.49. The zero-order valence-corrected chi connectivity index (χ0v) is 15.6. The number of carbonyl (C=O) groups excluding carboxylic acids is 1. The average molecular weight is 372 g/mol. The molecule has 2 amide bonds. The first-order valence-corrected chi connectivity index (χ1v) is 8.85. The Morgan fingerprint density at radius 3 is 2.54 bits per heavy atom. The van der Waals surface area contributed by atoms with Gasteiger partial charge in [0.25, 0.3) is 0 Å². The Morgan fingerprint density at radius 1 is 1.04 bits per heavy atom. The van der Waals surface area contributed by atoms with Crippen LogP contribution in [0.25, 0.3) is 16.8 Å². The minimum Gasteiger partial charge on any atom is -0.382 e. The molecule has 0 fully saturated rings. The van der Waals surface area contributed by atoms with Crippen molar-refractivity contribution in [1.29, 1.82) is 0 Å². The number of anilines is 3. The molecule has 0 saturated heterocycles. The fourth-order valence-corrected chi connectivity index (χ4v) is 3.14. The van der Waals surface area contributed by atoms with Crippen LogP contribution in [0.1, 0.15) is 11.4 Å². The molecule has 7 heteroatoms. The quantitative estimate of drug-likeness (QED) is 0.501. The highest BCUT2D eigenvalue weighted by atomic mass is 16.2. The maximum atomic E-state index is 12.2. The molecular weight excluding hydrogens is 352 g/mol. The van der Waals surface area contributed by atoms with Gasteiger partial charge in [-0.05, 0) is 43.7 Å². The van der Waals surface area contributed by atoms with Crippen molar-refractivity contribution in [1.82, 2.24) is 14.4 Å². The average Bonchev–Trinajstić information content (AvgIpc) is 3.00. The summed E-state index contributed by atoms with van der Waals surface area (Å²) in [7, 11) is 0. The molecule has 4 rings (SSSR count). The van der Waals surface area contributed by atoms with E-state index in [0.717, 1.165) is 33.8 Å². The first kappa shape index (κ1) is 17.5. The van der Waals surface area contributed by atoms with E-state index in [9.17, 15) is 4.79 Å². The van der Waals surface area contributed by atoms with E-state index >= 15 is 0 Å². The fraction of sp³-hybridized carbons (Fsp3) is 0.0952. The predicted octanol–water partition coefficient (Wildman–Crippen LogP) is 4.24. The molecule has 2 heterocycles. The van der Waals surface area contributed by atoms with Gasteiger partial charge in [0.2, 0.25) is 0 Å². The van der Waals surface area contributed by atoms with Crippen molar-refractivity contribution in [3.8, 4) is 11.3 Å². The number of hydrogen-bond donors (Lipinski definition) is 3. The molecule has 0 spiro atoms. The summed E-state index contributed by atoms with van der Waals surface area (Å²) < 4.78 is 1.92. The normalized spacial score (nSPS) is 10.8. The monoisotopic (exact) mass is 372 g/mol. The van der Waals surface area contributed by atoms with Gasteiger partial charge < -0.3 is 16.4 Å². The molecule has 2 aromatic heterocycles. The van der Waals surface area contributed by atoms with Crippen LogP contribution in [-0.2, 0) is 0 Å². The standard InChI is InChI=1S/C21H20N6O/c1-13-4-3-5-17(12-13)26-21(28)25-16-8-6-15(7-9-16)18-19-20(22)23-10-11-27(19)14(2)24-18/h3-12H,1-2H3,(H2,22,23)(H2,25,26,28). The number of nitrogens with two attached hydrogens (primary N) is 1.